The van der Waals surface area contributed by atoms with Gasteiger partial charge in [-0.15, -0.1) is 0 Å². The molecule has 0 amide bonds. The van der Waals surface area contributed by atoms with E-state index in [-0.39, 0.29) is 15.6 Å². The Labute approximate surface area is 184 Å². The maximum Gasteiger partial charge on any atom is 0.290 e. The second-order valence-corrected chi connectivity index (χ2v) is 7.50. The lowest BCUT2D eigenvalue weighted by molar-refractivity contribution is -0.396. The van der Waals surface area contributed by atoms with E-state index in [0.29, 0.717) is 22.3 Å². The van der Waals surface area contributed by atoms with E-state index in [0.717, 1.165) is 17.8 Å². The fourth-order valence-electron chi connectivity index (χ4n) is 3.15. The average Bonchev–Trinajstić information content (AvgIpc) is 2.79. The second-order valence-electron chi connectivity index (χ2n) is 6.49. The minimum absolute atomic E-state index is 0.103. The molecule has 0 aliphatic carbocycles. The maximum absolute atomic E-state index is 13.4. The van der Waals surface area contributed by atoms with Gasteiger partial charge in [0, 0.05) is 6.07 Å². The molecular formula is C21H14N4O6S. The van der Waals surface area contributed by atoms with Crippen molar-refractivity contribution in [2.45, 2.75) is 10.1 Å². The van der Waals surface area contributed by atoms with Crippen molar-refractivity contribution in [3.05, 3.63) is 97.3 Å². The summed E-state index contributed by atoms with van der Waals surface area (Å²) in [5, 5.41) is 23.1. The minimum atomic E-state index is -0.708. The van der Waals surface area contributed by atoms with Crippen LogP contribution in [0.15, 0.2) is 81.6 Å². The molecule has 0 saturated carbocycles. The molecule has 1 heterocycles. The van der Waals surface area contributed by atoms with Gasteiger partial charge in [0.1, 0.15) is 5.75 Å². The maximum atomic E-state index is 13.4. The quantitative estimate of drug-likeness (QED) is 0.241. The predicted molar refractivity (Wildman–Crippen MR) is 118 cm³/mol. The van der Waals surface area contributed by atoms with Crippen LogP contribution in [0.4, 0.5) is 11.4 Å². The average molecular weight is 450 g/mol. The van der Waals surface area contributed by atoms with Gasteiger partial charge >= 0.3 is 0 Å². The first-order chi connectivity index (χ1) is 15.4. The highest BCUT2D eigenvalue weighted by atomic mass is 32.2. The van der Waals surface area contributed by atoms with Crippen LogP contribution in [-0.2, 0) is 0 Å². The molecule has 0 saturated heterocycles. The van der Waals surface area contributed by atoms with Crippen LogP contribution >= 0.6 is 11.8 Å². The monoisotopic (exact) mass is 450 g/mol. The summed E-state index contributed by atoms with van der Waals surface area (Å²) in [4.78, 5) is 39.3. The van der Waals surface area contributed by atoms with E-state index in [9.17, 15) is 25.0 Å². The Bertz CT molecular complexity index is 1440. The van der Waals surface area contributed by atoms with Crippen molar-refractivity contribution in [3.8, 4) is 11.4 Å². The zero-order chi connectivity index (χ0) is 22.8. The van der Waals surface area contributed by atoms with Crippen LogP contribution in [-0.4, -0.2) is 26.5 Å². The number of non-ortho nitro benzene ring substituents is 1. The van der Waals surface area contributed by atoms with Gasteiger partial charge in [-0.3, -0.25) is 29.6 Å². The summed E-state index contributed by atoms with van der Waals surface area (Å²) in [6.45, 7) is 0. The molecule has 10 nitrogen and oxygen atoms in total. The van der Waals surface area contributed by atoms with E-state index >= 15 is 0 Å². The van der Waals surface area contributed by atoms with Crippen LogP contribution < -0.4 is 10.3 Å². The van der Waals surface area contributed by atoms with Crippen LogP contribution in [0.3, 0.4) is 0 Å². The Morgan fingerprint density at radius 1 is 0.969 bits per heavy atom. The van der Waals surface area contributed by atoms with Gasteiger partial charge in [-0.25, -0.2) is 4.98 Å². The Morgan fingerprint density at radius 2 is 1.69 bits per heavy atom. The molecule has 0 unspecified atom stereocenters. The number of para-hydroxylation sites is 3. The van der Waals surface area contributed by atoms with E-state index in [1.165, 1.54) is 23.8 Å². The lowest BCUT2D eigenvalue weighted by Crippen LogP contribution is -2.22. The molecule has 160 valence electrons. The number of hydrogen-bond donors (Lipinski definition) is 0. The third kappa shape index (κ3) is 3.76. The fourth-order valence-corrected chi connectivity index (χ4v) is 4.14. The summed E-state index contributed by atoms with van der Waals surface area (Å²) in [6.07, 6.45) is 0. The van der Waals surface area contributed by atoms with Gasteiger partial charge in [0.05, 0.1) is 44.5 Å². The number of rotatable bonds is 6. The van der Waals surface area contributed by atoms with Crippen molar-refractivity contribution in [3.63, 3.8) is 0 Å². The van der Waals surface area contributed by atoms with Crippen molar-refractivity contribution in [2.75, 3.05) is 7.11 Å². The summed E-state index contributed by atoms with van der Waals surface area (Å²) < 4.78 is 6.71. The number of methoxy groups -OCH3 is 1. The van der Waals surface area contributed by atoms with Crippen molar-refractivity contribution < 1.29 is 14.6 Å². The number of nitro groups is 2. The highest BCUT2D eigenvalue weighted by Gasteiger charge is 2.23. The topological polar surface area (TPSA) is 130 Å². The Balaban J connectivity index is 1.98. The van der Waals surface area contributed by atoms with E-state index in [4.69, 9.17) is 4.74 Å². The molecule has 0 bridgehead atoms. The second kappa shape index (κ2) is 8.47. The predicted octanol–water partition coefficient (Wildman–Crippen LogP) is 4.36. The van der Waals surface area contributed by atoms with Crippen molar-refractivity contribution in [2.24, 2.45) is 0 Å². The lowest BCUT2D eigenvalue weighted by Gasteiger charge is -2.15. The molecule has 0 atom stereocenters. The third-order valence-electron chi connectivity index (χ3n) is 4.62. The first-order valence-electron chi connectivity index (χ1n) is 9.16. The van der Waals surface area contributed by atoms with Crippen LogP contribution in [0, 0.1) is 20.2 Å². The van der Waals surface area contributed by atoms with Gasteiger partial charge in [0.15, 0.2) is 5.16 Å². The summed E-state index contributed by atoms with van der Waals surface area (Å²) in [5.41, 5.74) is -0.430. The van der Waals surface area contributed by atoms with Gasteiger partial charge in [-0.05, 0) is 42.1 Å². The normalized spacial score (nSPS) is 10.8. The van der Waals surface area contributed by atoms with Gasteiger partial charge < -0.3 is 4.74 Å². The highest BCUT2D eigenvalue weighted by molar-refractivity contribution is 7.99. The van der Waals surface area contributed by atoms with E-state index in [2.05, 4.69) is 4.98 Å². The number of fused-ring (bicyclic) bond motifs is 1. The number of aromatic nitrogens is 2. The SMILES string of the molecule is COc1ccccc1-n1c(Sc2ccc([N+](=O)[O-])cc2[N+](=O)[O-])nc2ccccc2c1=O. The molecule has 4 rings (SSSR count). The van der Waals surface area contributed by atoms with Gasteiger partial charge in [0.2, 0.25) is 0 Å². The van der Waals surface area contributed by atoms with Gasteiger partial charge in [-0.1, -0.05) is 24.3 Å². The largest absolute Gasteiger partial charge is 0.495 e. The van der Waals surface area contributed by atoms with Crippen LogP contribution in [0.1, 0.15) is 0 Å². The number of hydrogen-bond acceptors (Lipinski definition) is 8. The highest BCUT2D eigenvalue weighted by Crippen LogP contribution is 2.37. The number of ether oxygens (including phenoxy) is 1. The number of nitrogens with zero attached hydrogens (tertiary/aromatic N) is 4. The van der Waals surface area contributed by atoms with E-state index in [1.807, 2.05) is 0 Å². The molecule has 0 aliphatic rings. The van der Waals surface area contributed by atoms with Crippen LogP contribution in [0.25, 0.3) is 16.6 Å². The summed E-state index contributed by atoms with van der Waals surface area (Å²) in [6, 6.07) is 16.9. The van der Waals surface area contributed by atoms with Crippen LogP contribution in [0.5, 0.6) is 5.75 Å². The molecule has 1 aromatic heterocycles. The van der Waals surface area contributed by atoms with Gasteiger partial charge in [-0.2, -0.15) is 0 Å². The first kappa shape index (κ1) is 21.0. The number of nitro benzene ring substituents is 2. The summed E-state index contributed by atoms with van der Waals surface area (Å²) in [5.74, 6) is 0.409. The number of benzene rings is 3. The molecule has 0 aliphatic heterocycles. The molecule has 4 aromatic rings. The Morgan fingerprint density at radius 3 is 2.41 bits per heavy atom. The molecule has 32 heavy (non-hydrogen) atoms. The summed E-state index contributed by atoms with van der Waals surface area (Å²) in [7, 11) is 1.46. The zero-order valence-corrected chi connectivity index (χ0v) is 17.3. The smallest absolute Gasteiger partial charge is 0.290 e. The van der Waals surface area contributed by atoms with Crippen molar-refractivity contribution in [1.29, 1.82) is 0 Å². The lowest BCUT2D eigenvalue weighted by atomic mass is 10.2. The third-order valence-corrected chi connectivity index (χ3v) is 5.64. The molecule has 0 radical (unpaired) electrons. The van der Waals surface area contributed by atoms with E-state index in [1.54, 1.807) is 48.5 Å². The molecule has 0 N–H and O–H groups in total. The zero-order valence-electron chi connectivity index (χ0n) is 16.5. The Kier molecular flexibility index (Phi) is 5.56. The molecule has 11 heteroatoms. The van der Waals surface area contributed by atoms with Crippen LogP contribution in [0.2, 0.25) is 0 Å². The first-order valence-corrected chi connectivity index (χ1v) is 9.98. The molecule has 0 spiro atoms. The molecular weight excluding hydrogens is 436 g/mol. The van der Waals surface area contributed by atoms with Gasteiger partial charge in [0.25, 0.3) is 16.9 Å². The van der Waals surface area contributed by atoms with Crippen molar-refractivity contribution in [1.82, 2.24) is 9.55 Å². The Hall–Kier alpha value is -4.25. The van der Waals surface area contributed by atoms with Crippen molar-refractivity contribution >= 4 is 34.0 Å². The minimum Gasteiger partial charge on any atom is -0.495 e. The fraction of sp³-hybridized carbons (Fsp3) is 0.0476. The molecule has 0 fully saturated rings. The standard InChI is InChI=1S/C21H14N4O6S/c1-31-18-9-5-4-8-16(18)23-20(26)14-6-2-3-7-15(14)22-21(23)32-19-11-10-13(24(27)28)12-17(19)25(29)30/h2-12H,1H3. The molecule has 3 aromatic carbocycles. The van der Waals surface area contributed by atoms with E-state index < -0.39 is 21.2 Å². The summed E-state index contributed by atoms with van der Waals surface area (Å²) >= 11 is 0.865.